The van der Waals surface area contributed by atoms with E-state index in [1.54, 1.807) is 54.6 Å². The van der Waals surface area contributed by atoms with Gasteiger partial charge in [0, 0.05) is 12.1 Å². The average molecular weight is 445 g/mol. The summed E-state index contributed by atoms with van der Waals surface area (Å²) in [6.45, 7) is 0. The quantitative estimate of drug-likeness (QED) is 0.336. The Labute approximate surface area is 188 Å². The van der Waals surface area contributed by atoms with Crippen LogP contribution in [0, 0.1) is 16.0 Å². The number of nitro groups is 1. The number of hydrogen-bond acceptors (Lipinski definition) is 7. The lowest BCUT2D eigenvalue weighted by molar-refractivity contribution is -0.384. The lowest BCUT2D eigenvalue weighted by Crippen LogP contribution is -2.37. The van der Waals surface area contributed by atoms with Crippen LogP contribution >= 0.6 is 0 Å². The molecule has 0 radical (unpaired) electrons. The normalized spacial score (nSPS) is 21.9. The molecule has 2 saturated heterocycles. The van der Waals surface area contributed by atoms with Crippen LogP contribution in [0.3, 0.4) is 0 Å². The molecule has 9 nitrogen and oxygen atoms in total. The van der Waals surface area contributed by atoms with Crippen LogP contribution in [-0.2, 0) is 14.4 Å². The number of non-ortho nitro benzene ring substituents is 1. The minimum atomic E-state index is -1.06. The largest absolute Gasteiger partial charge is 0.497 e. The summed E-state index contributed by atoms with van der Waals surface area (Å²) < 4.78 is 5.34. The molecule has 3 aromatic rings. The van der Waals surface area contributed by atoms with Gasteiger partial charge in [-0.2, -0.15) is 0 Å². The third-order valence-electron chi connectivity index (χ3n) is 5.86. The number of anilines is 2. The Morgan fingerprint density at radius 3 is 2.36 bits per heavy atom. The number of rotatable bonds is 5. The second-order valence-electron chi connectivity index (χ2n) is 7.72. The standard InChI is InChI=1S/C24H19N3O6/c1-32-19-12-5-7-15(13-19)21-20-22(24(29)25(23(20)28)16-8-3-2-4-9-16)33-26(21)17-10-6-11-18(14-17)27(30)31/h2-14,20-22H,1H3/t20-,21+,22-/m0/s1. The first-order valence-electron chi connectivity index (χ1n) is 10.3. The molecule has 0 bridgehead atoms. The molecule has 2 amide bonds. The van der Waals surface area contributed by atoms with Gasteiger partial charge in [-0.15, -0.1) is 0 Å². The zero-order valence-electron chi connectivity index (χ0n) is 17.5. The molecule has 5 rings (SSSR count). The topological polar surface area (TPSA) is 102 Å². The lowest BCUT2D eigenvalue weighted by atomic mass is 9.90. The molecule has 2 fully saturated rings. The summed E-state index contributed by atoms with van der Waals surface area (Å²) in [6.07, 6.45) is -1.06. The highest BCUT2D eigenvalue weighted by molar-refractivity contribution is 6.23. The van der Waals surface area contributed by atoms with Crippen LogP contribution in [0.15, 0.2) is 78.9 Å². The summed E-state index contributed by atoms with van der Waals surface area (Å²) in [5.74, 6) is -1.13. The molecule has 33 heavy (non-hydrogen) atoms. The number of benzene rings is 3. The minimum Gasteiger partial charge on any atom is -0.497 e. The van der Waals surface area contributed by atoms with Crippen molar-refractivity contribution in [3.63, 3.8) is 0 Å². The van der Waals surface area contributed by atoms with E-state index in [1.165, 1.54) is 30.4 Å². The van der Waals surface area contributed by atoms with Crippen LogP contribution < -0.4 is 14.7 Å². The monoisotopic (exact) mass is 445 g/mol. The van der Waals surface area contributed by atoms with E-state index in [0.717, 1.165) is 4.90 Å². The molecule has 0 saturated carbocycles. The number of hydroxylamine groups is 1. The van der Waals surface area contributed by atoms with E-state index in [1.807, 2.05) is 6.07 Å². The Morgan fingerprint density at radius 1 is 0.909 bits per heavy atom. The number of ether oxygens (including phenoxy) is 1. The Hall–Kier alpha value is -4.24. The van der Waals surface area contributed by atoms with Crippen molar-refractivity contribution in [3.05, 3.63) is 94.5 Å². The van der Waals surface area contributed by atoms with Crippen molar-refractivity contribution in [2.24, 2.45) is 5.92 Å². The van der Waals surface area contributed by atoms with Crippen molar-refractivity contribution in [1.82, 2.24) is 0 Å². The number of amides is 2. The fourth-order valence-corrected chi connectivity index (χ4v) is 4.38. The molecule has 166 valence electrons. The molecule has 3 aromatic carbocycles. The molecule has 0 aliphatic carbocycles. The number of nitrogens with zero attached hydrogens (tertiary/aromatic N) is 3. The van der Waals surface area contributed by atoms with Gasteiger partial charge >= 0.3 is 0 Å². The number of fused-ring (bicyclic) bond motifs is 1. The van der Waals surface area contributed by atoms with E-state index in [9.17, 15) is 19.7 Å². The molecule has 3 atom stereocenters. The first kappa shape index (κ1) is 20.7. The third kappa shape index (κ3) is 3.39. The number of para-hydroxylation sites is 1. The van der Waals surface area contributed by atoms with Gasteiger partial charge in [-0.1, -0.05) is 36.4 Å². The van der Waals surface area contributed by atoms with Gasteiger partial charge in [0.2, 0.25) is 5.91 Å². The van der Waals surface area contributed by atoms with Crippen LogP contribution in [0.1, 0.15) is 11.6 Å². The second-order valence-corrected chi connectivity index (χ2v) is 7.72. The first-order valence-corrected chi connectivity index (χ1v) is 10.3. The summed E-state index contributed by atoms with van der Waals surface area (Å²) in [7, 11) is 1.53. The van der Waals surface area contributed by atoms with Crippen molar-refractivity contribution in [2.75, 3.05) is 17.1 Å². The maximum Gasteiger partial charge on any atom is 0.271 e. The van der Waals surface area contributed by atoms with E-state index < -0.39 is 34.8 Å². The Kier molecular flexibility index (Phi) is 5.02. The van der Waals surface area contributed by atoms with E-state index in [2.05, 4.69) is 0 Å². The summed E-state index contributed by atoms with van der Waals surface area (Å²) in [6, 6.07) is 21.0. The Bertz CT molecular complexity index is 1250. The molecule has 9 heteroatoms. The zero-order chi connectivity index (χ0) is 23.1. The van der Waals surface area contributed by atoms with Crippen LogP contribution in [0.25, 0.3) is 0 Å². The van der Waals surface area contributed by atoms with Crippen LogP contribution in [0.2, 0.25) is 0 Å². The second kappa shape index (κ2) is 8.03. The van der Waals surface area contributed by atoms with Gasteiger partial charge in [-0.3, -0.25) is 24.5 Å². The smallest absolute Gasteiger partial charge is 0.271 e. The number of imide groups is 1. The van der Waals surface area contributed by atoms with Gasteiger partial charge in [-0.25, -0.2) is 9.96 Å². The average Bonchev–Trinajstić information content (AvgIpc) is 3.35. The van der Waals surface area contributed by atoms with Crippen LogP contribution in [0.4, 0.5) is 17.1 Å². The fourth-order valence-electron chi connectivity index (χ4n) is 4.38. The molecule has 2 heterocycles. The van der Waals surface area contributed by atoms with Gasteiger partial charge in [-0.05, 0) is 35.9 Å². The van der Waals surface area contributed by atoms with Gasteiger partial charge in [0.15, 0.2) is 6.10 Å². The van der Waals surface area contributed by atoms with Crippen molar-refractivity contribution < 1.29 is 24.1 Å². The Morgan fingerprint density at radius 2 is 1.64 bits per heavy atom. The summed E-state index contributed by atoms with van der Waals surface area (Å²) in [5, 5.41) is 12.7. The molecule has 2 aliphatic heterocycles. The highest BCUT2D eigenvalue weighted by Crippen LogP contribution is 2.48. The summed E-state index contributed by atoms with van der Waals surface area (Å²) >= 11 is 0. The van der Waals surface area contributed by atoms with E-state index in [-0.39, 0.29) is 5.69 Å². The van der Waals surface area contributed by atoms with Gasteiger partial charge in [0.25, 0.3) is 11.6 Å². The maximum absolute atomic E-state index is 13.5. The van der Waals surface area contributed by atoms with Crippen LogP contribution in [-0.4, -0.2) is 30.0 Å². The van der Waals surface area contributed by atoms with Crippen molar-refractivity contribution in [3.8, 4) is 5.75 Å². The number of carbonyl (C=O) groups excluding carboxylic acids is 2. The number of nitro benzene ring substituents is 1. The number of hydrogen-bond donors (Lipinski definition) is 0. The SMILES string of the molecule is COc1cccc([C@@H]2[C@@H]3C(=O)N(c4ccccc4)C(=O)[C@H]3ON2c2cccc([N+](=O)[O-])c2)c1. The van der Waals surface area contributed by atoms with Crippen molar-refractivity contribution in [2.45, 2.75) is 12.1 Å². The van der Waals surface area contributed by atoms with Crippen molar-refractivity contribution >= 4 is 28.9 Å². The molecular formula is C24H19N3O6. The predicted octanol–water partition coefficient (Wildman–Crippen LogP) is 3.65. The van der Waals surface area contributed by atoms with Gasteiger partial charge in [0.05, 0.1) is 29.4 Å². The fraction of sp³-hybridized carbons (Fsp3) is 0.167. The summed E-state index contributed by atoms with van der Waals surface area (Å²) in [4.78, 5) is 44.8. The predicted molar refractivity (Wildman–Crippen MR) is 119 cm³/mol. The third-order valence-corrected chi connectivity index (χ3v) is 5.86. The lowest BCUT2D eigenvalue weighted by Gasteiger charge is -2.28. The number of carbonyl (C=O) groups is 2. The molecule has 2 aliphatic rings. The molecule has 0 unspecified atom stereocenters. The Balaban J connectivity index is 1.61. The van der Waals surface area contributed by atoms with Gasteiger partial charge < -0.3 is 4.74 Å². The molecular weight excluding hydrogens is 426 g/mol. The molecule has 0 N–H and O–H groups in total. The highest BCUT2D eigenvalue weighted by atomic mass is 16.7. The van der Waals surface area contributed by atoms with Crippen LogP contribution in [0.5, 0.6) is 5.75 Å². The maximum atomic E-state index is 13.5. The van der Waals surface area contributed by atoms with E-state index >= 15 is 0 Å². The first-order chi connectivity index (χ1) is 16.0. The van der Waals surface area contributed by atoms with Crippen molar-refractivity contribution in [1.29, 1.82) is 0 Å². The highest BCUT2D eigenvalue weighted by Gasteiger charge is 2.60. The van der Waals surface area contributed by atoms with E-state index in [4.69, 9.17) is 9.57 Å². The summed E-state index contributed by atoms with van der Waals surface area (Å²) in [5.41, 5.74) is 1.40. The number of methoxy groups -OCH3 is 1. The zero-order valence-corrected chi connectivity index (χ0v) is 17.5. The van der Waals surface area contributed by atoms with Gasteiger partial charge in [0.1, 0.15) is 11.7 Å². The van der Waals surface area contributed by atoms with E-state index in [0.29, 0.717) is 22.7 Å². The molecule has 0 aromatic heterocycles. The minimum absolute atomic E-state index is 0.124. The molecule has 0 spiro atoms.